The fourth-order valence-electron chi connectivity index (χ4n) is 2.00. The quantitative estimate of drug-likeness (QED) is 0.805. The van der Waals surface area contributed by atoms with Crippen molar-refractivity contribution >= 4 is 17.1 Å². The number of ether oxygens (including phenoxy) is 1. The number of benzene rings is 2. The summed E-state index contributed by atoms with van der Waals surface area (Å²) < 4.78 is 5.14. The van der Waals surface area contributed by atoms with Crippen molar-refractivity contribution in [3.63, 3.8) is 0 Å². The molecule has 100 valence electrons. The molecule has 0 spiro atoms. The van der Waals surface area contributed by atoms with Crippen LogP contribution in [-0.2, 0) is 11.2 Å². The van der Waals surface area contributed by atoms with Crippen LogP contribution in [-0.4, -0.2) is 13.7 Å². The van der Waals surface area contributed by atoms with E-state index in [0.29, 0.717) is 6.61 Å². The zero-order valence-corrected chi connectivity index (χ0v) is 11.4. The molecule has 0 aliphatic heterocycles. The van der Waals surface area contributed by atoms with Gasteiger partial charge in [0.05, 0.1) is 18.0 Å². The average Bonchev–Trinajstić information content (AvgIpc) is 2.42. The van der Waals surface area contributed by atoms with Crippen LogP contribution >= 0.6 is 0 Å². The Labute approximate surface area is 114 Å². The van der Waals surface area contributed by atoms with Crippen LogP contribution in [0.4, 0.5) is 17.1 Å². The number of hydrogen-bond acceptors (Lipinski definition) is 3. The van der Waals surface area contributed by atoms with Gasteiger partial charge in [0.15, 0.2) is 0 Å². The van der Waals surface area contributed by atoms with Gasteiger partial charge in [0.2, 0.25) is 0 Å². The van der Waals surface area contributed by atoms with Crippen molar-refractivity contribution in [2.75, 3.05) is 24.8 Å². The number of nitrogen functional groups attached to an aromatic ring is 1. The van der Waals surface area contributed by atoms with Gasteiger partial charge in [-0.1, -0.05) is 24.3 Å². The predicted molar refractivity (Wildman–Crippen MR) is 80.9 cm³/mol. The monoisotopic (exact) mass is 256 g/mol. The van der Waals surface area contributed by atoms with Crippen molar-refractivity contribution in [3.8, 4) is 0 Å². The molecule has 3 N–H and O–H groups in total. The SMILES string of the molecule is COCCc1ccccc1Nc1cc(C)ccc1N. The Balaban J connectivity index is 2.25. The summed E-state index contributed by atoms with van der Waals surface area (Å²) in [6.07, 6.45) is 0.880. The largest absolute Gasteiger partial charge is 0.397 e. The minimum absolute atomic E-state index is 0.710. The lowest BCUT2D eigenvalue weighted by molar-refractivity contribution is 0.202. The molecule has 0 amide bonds. The molecule has 0 aliphatic carbocycles. The highest BCUT2D eigenvalue weighted by Crippen LogP contribution is 2.26. The van der Waals surface area contributed by atoms with Gasteiger partial charge in [-0.3, -0.25) is 0 Å². The molecule has 0 atom stereocenters. The maximum absolute atomic E-state index is 6.00. The van der Waals surface area contributed by atoms with Gasteiger partial charge in [0.1, 0.15) is 0 Å². The van der Waals surface area contributed by atoms with Gasteiger partial charge >= 0.3 is 0 Å². The predicted octanol–water partition coefficient (Wildman–Crippen LogP) is 3.51. The zero-order chi connectivity index (χ0) is 13.7. The molecule has 2 aromatic carbocycles. The maximum Gasteiger partial charge on any atom is 0.0620 e. The third kappa shape index (κ3) is 3.48. The first-order valence-corrected chi connectivity index (χ1v) is 6.40. The lowest BCUT2D eigenvalue weighted by Crippen LogP contribution is -2.02. The van der Waals surface area contributed by atoms with E-state index in [4.69, 9.17) is 10.5 Å². The van der Waals surface area contributed by atoms with Crippen LogP contribution in [0.1, 0.15) is 11.1 Å². The lowest BCUT2D eigenvalue weighted by Gasteiger charge is -2.14. The molecule has 0 heterocycles. The Hall–Kier alpha value is -2.00. The van der Waals surface area contributed by atoms with Crippen LogP contribution in [0.3, 0.4) is 0 Å². The van der Waals surface area contributed by atoms with E-state index >= 15 is 0 Å². The summed E-state index contributed by atoms with van der Waals surface area (Å²) in [5.41, 5.74) is 11.2. The molecule has 0 aliphatic rings. The Morgan fingerprint density at radius 2 is 1.89 bits per heavy atom. The standard InChI is InChI=1S/C16H20N2O/c1-12-7-8-14(17)16(11-12)18-15-6-4-3-5-13(15)9-10-19-2/h3-8,11,18H,9-10,17H2,1-2H3. The number of hydrogen-bond donors (Lipinski definition) is 2. The number of nitrogens with two attached hydrogens (primary N) is 1. The summed E-state index contributed by atoms with van der Waals surface area (Å²) in [5.74, 6) is 0. The minimum Gasteiger partial charge on any atom is -0.397 e. The topological polar surface area (TPSA) is 47.3 Å². The molecule has 0 bridgehead atoms. The summed E-state index contributed by atoms with van der Waals surface area (Å²) in [6, 6.07) is 14.2. The highest BCUT2D eigenvalue weighted by molar-refractivity contribution is 5.74. The van der Waals surface area contributed by atoms with Crippen LogP contribution < -0.4 is 11.1 Å². The Morgan fingerprint density at radius 3 is 2.68 bits per heavy atom. The smallest absolute Gasteiger partial charge is 0.0620 e. The van der Waals surface area contributed by atoms with Crippen molar-refractivity contribution < 1.29 is 4.74 Å². The summed E-state index contributed by atoms with van der Waals surface area (Å²) >= 11 is 0. The van der Waals surface area contributed by atoms with Gasteiger partial charge in [0.25, 0.3) is 0 Å². The normalized spacial score (nSPS) is 10.4. The lowest BCUT2D eigenvalue weighted by atomic mass is 10.1. The molecule has 0 saturated heterocycles. The van der Waals surface area contributed by atoms with Gasteiger partial charge in [-0.05, 0) is 42.7 Å². The molecule has 3 nitrogen and oxygen atoms in total. The average molecular weight is 256 g/mol. The molecule has 2 rings (SSSR count). The highest BCUT2D eigenvalue weighted by Gasteiger charge is 2.04. The van der Waals surface area contributed by atoms with Crippen molar-refractivity contribution in [2.45, 2.75) is 13.3 Å². The van der Waals surface area contributed by atoms with Crippen LogP contribution in [0.2, 0.25) is 0 Å². The molecule has 0 saturated carbocycles. The number of rotatable bonds is 5. The fourth-order valence-corrected chi connectivity index (χ4v) is 2.00. The number of anilines is 3. The third-order valence-corrected chi connectivity index (χ3v) is 3.07. The second-order valence-electron chi connectivity index (χ2n) is 4.62. The van der Waals surface area contributed by atoms with Gasteiger partial charge in [0, 0.05) is 12.8 Å². The summed E-state index contributed by atoms with van der Waals surface area (Å²) in [7, 11) is 1.72. The summed E-state index contributed by atoms with van der Waals surface area (Å²) in [4.78, 5) is 0. The molecule has 2 aromatic rings. The first-order chi connectivity index (χ1) is 9.20. The van der Waals surface area contributed by atoms with Crippen LogP contribution in [0.25, 0.3) is 0 Å². The molecule has 0 aromatic heterocycles. The van der Waals surface area contributed by atoms with Crippen molar-refractivity contribution in [3.05, 3.63) is 53.6 Å². The number of aryl methyl sites for hydroxylation is 1. The number of para-hydroxylation sites is 1. The van der Waals surface area contributed by atoms with E-state index in [2.05, 4.69) is 30.4 Å². The van der Waals surface area contributed by atoms with Crippen LogP contribution in [0.5, 0.6) is 0 Å². The van der Waals surface area contributed by atoms with Gasteiger partial charge in [-0.25, -0.2) is 0 Å². The molecular weight excluding hydrogens is 236 g/mol. The number of nitrogens with one attached hydrogen (secondary N) is 1. The minimum atomic E-state index is 0.710. The van der Waals surface area contributed by atoms with Crippen molar-refractivity contribution in [1.82, 2.24) is 0 Å². The van der Waals surface area contributed by atoms with Crippen molar-refractivity contribution in [2.24, 2.45) is 0 Å². The molecular formula is C16H20N2O. The highest BCUT2D eigenvalue weighted by atomic mass is 16.5. The van der Waals surface area contributed by atoms with Gasteiger partial charge in [-0.2, -0.15) is 0 Å². The second kappa shape index (κ2) is 6.25. The first-order valence-electron chi connectivity index (χ1n) is 6.40. The van der Waals surface area contributed by atoms with E-state index in [1.54, 1.807) is 7.11 Å². The Kier molecular flexibility index (Phi) is 4.42. The fraction of sp³-hybridized carbons (Fsp3) is 0.250. The summed E-state index contributed by atoms with van der Waals surface area (Å²) in [6.45, 7) is 2.77. The van der Waals surface area contributed by atoms with E-state index in [0.717, 1.165) is 23.5 Å². The third-order valence-electron chi connectivity index (χ3n) is 3.07. The van der Waals surface area contributed by atoms with Crippen molar-refractivity contribution in [1.29, 1.82) is 0 Å². The molecule has 19 heavy (non-hydrogen) atoms. The van der Waals surface area contributed by atoms with Gasteiger partial charge < -0.3 is 15.8 Å². The Bertz CT molecular complexity index is 552. The van der Waals surface area contributed by atoms with E-state index < -0.39 is 0 Å². The first kappa shape index (κ1) is 13.4. The van der Waals surface area contributed by atoms with Gasteiger partial charge in [-0.15, -0.1) is 0 Å². The van der Waals surface area contributed by atoms with E-state index in [-0.39, 0.29) is 0 Å². The van der Waals surface area contributed by atoms with Crippen LogP contribution in [0.15, 0.2) is 42.5 Å². The molecule has 0 radical (unpaired) electrons. The zero-order valence-electron chi connectivity index (χ0n) is 11.4. The van der Waals surface area contributed by atoms with E-state index in [9.17, 15) is 0 Å². The molecule has 3 heteroatoms. The van der Waals surface area contributed by atoms with Crippen LogP contribution in [0, 0.1) is 6.92 Å². The Morgan fingerprint density at radius 1 is 1.11 bits per heavy atom. The van der Waals surface area contributed by atoms with E-state index in [1.165, 1.54) is 11.1 Å². The maximum atomic E-state index is 6.00. The molecule has 0 unspecified atom stereocenters. The molecule has 0 fully saturated rings. The second-order valence-corrected chi connectivity index (χ2v) is 4.62. The summed E-state index contributed by atoms with van der Waals surface area (Å²) in [5, 5.41) is 3.41. The number of methoxy groups -OCH3 is 1. The van der Waals surface area contributed by atoms with E-state index in [1.807, 2.05) is 24.3 Å².